The zero-order valence-corrected chi connectivity index (χ0v) is 15.5. The smallest absolute Gasteiger partial charge is 0.220 e. The van der Waals surface area contributed by atoms with Crippen molar-refractivity contribution in [1.82, 2.24) is 5.32 Å². The Bertz CT molecular complexity index is 913. The molecule has 1 amide bonds. The van der Waals surface area contributed by atoms with Gasteiger partial charge in [0.05, 0.1) is 6.04 Å². The largest absolute Gasteiger partial charge is 0.508 e. The first-order valence-electron chi connectivity index (χ1n) is 9.11. The molecule has 0 saturated carbocycles. The highest BCUT2D eigenvalue weighted by Crippen LogP contribution is 2.36. The molecule has 0 spiro atoms. The summed E-state index contributed by atoms with van der Waals surface area (Å²) < 4.78 is 0. The second-order valence-electron chi connectivity index (χ2n) is 6.89. The predicted octanol–water partition coefficient (Wildman–Crippen LogP) is 5.28. The Kier molecular flexibility index (Phi) is 5.27. The molecule has 0 aliphatic heterocycles. The fourth-order valence-electron chi connectivity index (χ4n) is 3.25. The van der Waals surface area contributed by atoms with E-state index in [0.29, 0.717) is 12.3 Å². The van der Waals surface area contributed by atoms with Gasteiger partial charge in [-0.15, -0.1) is 0 Å². The number of carbonyl (C=O) groups is 1. The van der Waals surface area contributed by atoms with Gasteiger partial charge in [-0.3, -0.25) is 4.79 Å². The average molecular weight is 347 g/mol. The van der Waals surface area contributed by atoms with Crippen LogP contribution in [-0.4, -0.2) is 11.0 Å². The van der Waals surface area contributed by atoms with E-state index >= 15 is 0 Å². The van der Waals surface area contributed by atoms with Crippen LogP contribution in [0.1, 0.15) is 55.8 Å². The SMILES string of the molecule is CCC(=O)N[C@H](c1ccc(C(C)C)cc1)c1c(O)ccc2ccccc12. The van der Waals surface area contributed by atoms with Crippen LogP contribution in [0.5, 0.6) is 5.75 Å². The summed E-state index contributed by atoms with van der Waals surface area (Å²) in [6, 6.07) is 19.4. The molecule has 0 bridgehead atoms. The van der Waals surface area contributed by atoms with Crippen molar-refractivity contribution in [3.8, 4) is 5.75 Å². The average Bonchev–Trinajstić information content (AvgIpc) is 2.66. The minimum atomic E-state index is -0.394. The molecule has 1 atom stereocenters. The molecule has 3 heteroatoms. The first-order chi connectivity index (χ1) is 12.5. The van der Waals surface area contributed by atoms with Crippen LogP contribution in [0.15, 0.2) is 60.7 Å². The zero-order valence-electron chi connectivity index (χ0n) is 15.5. The lowest BCUT2D eigenvalue weighted by molar-refractivity contribution is -0.121. The van der Waals surface area contributed by atoms with Crippen LogP contribution in [-0.2, 0) is 4.79 Å². The van der Waals surface area contributed by atoms with Crippen molar-refractivity contribution in [2.75, 3.05) is 0 Å². The molecule has 0 fully saturated rings. The van der Waals surface area contributed by atoms with Gasteiger partial charge in [-0.1, -0.05) is 75.4 Å². The summed E-state index contributed by atoms with van der Waals surface area (Å²) >= 11 is 0. The van der Waals surface area contributed by atoms with E-state index in [0.717, 1.165) is 21.9 Å². The normalized spacial score (nSPS) is 12.3. The maximum absolute atomic E-state index is 12.2. The van der Waals surface area contributed by atoms with E-state index in [1.165, 1.54) is 5.56 Å². The van der Waals surface area contributed by atoms with Crippen molar-refractivity contribution in [3.05, 3.63) is 77.4 Å². The van der Waals surface area contributed by atoms with Gasteiger partial charge in [0.15, 0.2) is 0 Å². The minimum absolute atomic E-state index is 0.0460. The number of aromatic hydroxyl groups is 1. The number of nitrogens with one attached hydrogen (secondary N) is 1. The lowest BCUT2D eigenvalue weighted by atomic mass is 9.91. The van der Waals surface area contributed by atoms with Gasteiger partial charge < -0.3 is 10.4 Å². The molecule has 3 nitrogen and oxygen atoms in total. The molecule has 3 aromatic carbocycles. The number of hydrogen-bond donors (Lipinski definition) is 2. The van der Waals surface area contributed by atoms with E-state index in [4.69, 9.17) is 0 Å². The van der Waals surface area contributed by atoms with Crippen molar-refractivity contribution in [2.45, 2.75) is 39.2 Å². The molecule has 0 aliphatic rings. The van der Waals surface area contributed by atoms with Crippen molar-refractivity contribution >= 4 is 16.7 Å². The standard InChI is InChI=1S/C23H25NO2/c1-4-21(26)24-23(18-11-9-16(10-12-18)15(2)3)22-19-8-6-5-7-17(19)13-14-20(22)25/h5-15,23,25H,4H2,1-3H3,(H,24,26)/t23-/m1/s1. The maximum Gasteiger partial charge on any atom is 0.220 e. The number of amides is 1. The third kappa shape index (κ3) is 3.57. The van der Waals surface area contributed by atoms with Crippen LogP contribution in [0.25, 0.3) is 10.8 Å². The molecule has 3 aromatic rings. The Hall–Kier alpha value is -2.81. The summed E-state index contributed by atoms with van der Waals surface area (Å²) in [4.78, 5) is 12.2. The molecule has 134 valence electrons. The molecule has 3 rings (SSSR count). The molecule has 0 radical (unpaired) electrons. The number of benzene rings is 3. The first-order valence-corrected chi connectivity index (χ1v) is 9.11. The van der Waals surface area contributed by atoms with E-state index in [-0.39, 0.29) is 11.7 Å². The van der Waals surface area contributed by atoms with Crippen LogP contribution in [0.2, 0.25) is 0 Å². The minimum Gasteiger partial charge on any atom is -0.508 e. The lowest BCUT2D eigenvalue weighted by Gasteiger charge is -2.23. The van der Waals surface area contributed by atoms with Gasteiger partial charge in [-0.05, 0) is 33.9 Å². The predicted molar refractivity (Wildman–Crippen MR) is 106 cm³/mol. The van der Waals surface area contributed by atoms with E-state index in [9.17, 15) is 9.90 Å². The van der Waals surface area contributed by atoms with Gasteiger partial charge in [0, 0.05) is 12.0 Å². The van der Waals surface area contributed by atoms with E-state index < -0.39 is 6.04 Å². The van der Waals surface area contributed by atoms with Gasteiger partial charge in [0.2, 0.25) is 5.91 Å². The highest BCUT2D eigenvalue weighted by atomic mass is 16.3. The summed E-state index contributed by atoms with van der Waals surface area (Å²) in [7, 11) is 0. The van der Waals surface area contributed by atoms with E-state index in [1.54, 1.807) is 6.07 Å². The summed E-state index contributed by atoms with van der Waals surface area (Å²) in [5, 5.41) is 15.7. The Labute approximate surface area is 154 Å². The van der Waals surface area contributed by atoms with Gasteiger partial charge in [-0.25, -0.2) is 0 Å². The third-order valence-corrected chi connectivity index (χ3v) is 4.80. The van der Waals surface area contributed by atoms with Gasteiger partial charge in [-0.2, -0.15) is 0 Å². The molecule has 0 aromatic heterocycles. The highest BCUT2D eigenvalue weighted by Gasteiger charge is 2.22. The molecule has 26 heavy (non-hydrogen) atoms. The number of rotatable bonds is 5. The molecular formula is C23H25NO2. The molecule has 0 unspecified atom stereocenters. The van der Waals surface area contributed by atoms with Crippen LogP contribution in [0.4, 0.5) is 0 Å². The van der Waals surface area contributed by atoms with Gasteiger partial charge >= 0.3 is 0 Å². The van der Waals surface area contributed by atoms with Crippen molar-refractivity contribution in [2.24, 2.45) is 0 Å². The van der Waals surface area contributed by atoms with Crippen LogP contribution in [0.3, 0.4) is 0 Å². The van der Waals surface area contributed by atoms with E-state index in [1.807, 2.05) is 49.4 Å². The summed E-state index contributed by atoms with van der Waals surface area (Å²) in [6.45, 7) is 6.14. The number of hydrogen-bond acceptors (Lipinski definition) is 2. The summed E-state index contributed by atoms with van der Waals surface area (Å²) in [5.41, 5.74) is 2.95. The molecular weight excluding hydrogens is 322 g/mol. The van der Waals surface area contributed by atoms with Crippen LogP contribution < -0.4 is 5.32 Å². The molecule has 0 aliphatic carbocycles. The topological polar surface area (TPSA) is 49.3 Å². The Balaban J connectivity index is 2.16. The number of phenolic OH excluding ortho intramolecular Hbond substituents is 1. The van der Waals surface area contributed by atoms with Gasteiger partial charge in [0.25, 0.3) is 0 Å². The second kappa shape index (κ2) is 7.61. The van der Waals surface area contributed by atoms with Crippen LogP contribution >= 0.6 is 0 Å². The first kappa shape index (κ1) is 18.0. The maximum atomic E-state index is 12.2. The molecule has 2 N–H and O–H groups in total. The quantitative estimate of drug-likeness (QED) is 0.659. The Morgan fingerprint density at radius 1 is 0.962 bits per heavy atom. The fraction of sp³-hybridized carbons (Fsp3) is 0.261. The lowest BCUT2D eigenvalue weighted by Crippen LogP contribution is -2.28. The fourth-order valence-corrected chi connectivity index (χ4v) is 3.25. The number of fused-ring (bicyclic) bond motifs is 1. The van der Waals surface area contributed by atoms with E-state index in [2.05, 4.69) is 31.3 Å². The van der Waals surface area contributed by atoms with Crippen molar-refractivity contribution < 1.29 is 9.90 Å². The van der Waals surface area contributed by atoms with Crippen LogP contribution in [0, 0.1) is 0 Å². The third-order valence-electron chi connectivity index (χ3n) is 4.80. The monoisotopic (exact) mass is 347 g/mol. The van der Waals surface area contributed by atoms with Crippen molar-refractivity contribution in [3.63, 3.8) is 0 Å². The Morgan fingerprint density at radius 2 is 1.62 bits per heavy atom. The number of phenols is 1. The Morgan fingerprint density at radius 3 is 2.27 bits per heavy atom. The second-order valence-corrected chi connectivity index (χ2v) is 6.89. The summed E-state index contributed by atoms with van der Waals surface area (Å²) in [5.74, 6) is 0.590. The van der Waals surface area contributed by atoms with Gasteiger partial charge in [0.1, 0.15) is 5.75 Å². The number of carbonyl (C=O) groups excluding carboxylic acids is 1. The zero-order chi connectivity index (χ0) is 18.7. The van der Waals surface area contributed by atoms with Crippen molar-refractivity contribution in [1.29, 1.82) is 0 Å². The molecule has 0 heterocycles. The molecule has 0 saturated heterocycles. The summed E-state index contributed by atoms with van der Waals surface area (Å²) in [6.07, 6.45) is 0.395. The highest BCUT2D eigenvalue weighted by molar-refractivity contribution is 5.89.